The summed E-state index contributed by atoms with van der Waals surface area (Å²) in [6.07, 6.45) is 1.48. The van der Waals surface area contributed by atoms with Crippen molar-refractivity contribution in [3.05, 3.63) is 23.8 Å². The smallest absolute Gasteiger partial charge is 0.258 e. The molecule has 0 aliphatic rings. The fourth-order valence-electron chi connectivity index (χ4n) is 1.40. The van der Waals surface area contributed by atoms with Crippen molar-refractivity contribution in [2.45, 2.75) is 25.1 Å². The lowest BCUT2D eigenvalue weighted by Gasteiger charge is -2.10. The molecule has 1 aromatic rings. The maximum Gasteiger partial charge on any atom is 0.258 e. The van der Waals surface area contributed by atoms with Gasteiger partial charge in [-0.2, -0.15) is 0 Å². The van der Waals surface area contributed by atoms with Crippen molar-refractivity contribution in [3.8, 4) is 11.5 Å². The van der Waals surface area contributed by atoms with Crippen LogP contribution in [0, 0.1) is 0 Å². The van der Waals surface area contributed by atoms with Crippen LogP contribution in [0.3, 0.4) is 0 Å². The van der Waals surface area contributed by atoms with E-state index in [9.17, 15) is 15.0 Å². The summed E-state index contributed by atoms with van der Waals surface area (Å²) in [6.45, 7) is 2.38. The summed E-state index contributed by atoms with van der Waals surface area (Å²) in [5, 5.41) is 21.6. The first kappa shape index (κ1) is 13.6. The standard InChI is InChI=1S/C12H16ClNO3/c1-2-8(13)6-7-14-12(17)11-9(15)4-3-5-10(11)16/h3-5,8,15-16H,2,6-7H2,1H3,(H,14,17). The number of phenolic OH excluding ortho intramolecular Hbond substituents is 2. The second-order valence-electron chi connectivity index (χ2n) is 3.72. The Hall–Kier alpha value is -1.42. The Bertz CT molecular complexity index is 375. The Morgan fingerprint density at radius 1 is 1.41 bits per heavy atom. The van der Waals surface area contributed by atoms with Crippen LogP contribution in [0.1, 0.15) is 30.1 Å². The van der Waals surface area contributed by atoms with Gasteiger partial charge in [-0.25, -0.2) is 0 Å². The number of amides is 1. The SMILES string of the molecule is CCC(Cl)CCNC(=O)c1c(O)cccc1O. The molecule has 0 fully saturated rings. The van der Waals surface area contributed by atoms with E-state index in [1.165, 1.54) is 18.2 Å². The highest BCUT2D eigenvalue weighted by atomic mass is 35.5. The predicted molar refractivity (Wildman–Crippen MR) is 66.7 cm³/mol. The molecule has 1 rings (SSSR count). The van der Waals surface area contributed by atoms with Crippen LogP contribution >= 0.6 is 11.6 Å². The highest BCUT2D eigenvalue weighted by molar-refractivity contribution is 6.20. The van der Waals surface area contributed by atoms with Crippen molar-refractivity contribution in [1.29, 1.82) is 0 Å². The summed E-state index contributed by atoms with van der Waals surface area (Å²) in [6, 6.07) is 4.17. The number of carbonyl (C=O) groups excluding carboxylic acids is 1. The van der Waals surface area contributed by atoms with Gasteiger partial charge in [0.15, 0.2) is 0 Å². The van der Waals surface area contributed by atoms with Gasteiger partial charge < -0.3 is 15.5 Å². The minimum absolute atomic E-state index is 0.0215. The third-order valence-electron chi connectivity index (χ3n) is 2.43. The van der Waals surface area contributed by atoms with Crippen LogP contribution in [0.4, 0.5) is 0 Å². The summed E-state index contributed by atoms with van der Waals surface area (Å²) in [5.41, 5.74) is -0.102. The fraction of sp³-hybridized carbons (Fsp3) is 0.417. The van der Waals surface area contributed by atoms with Gasteiger partial charge in [-0.3, -0.25) is 4.79 Å². The molecular formula is C12H16ClNO3. The van der Waals surface area contributed by atoms with Crippen molar-refractivity contribution >= 4 is 17.5 Å². The first-order valence-electron chi connectivity index (χ1n) is 5.49. The Morgan fingerprint density at radius 2 is 2.00 bits per heavy atom. The molecule has 4 nitrogen and oxygen atoms in total. The molecule has 5 heteroatoms. The van der Waals surface area contributed by atoms with Gasteiger partial charge in [0, 0.05) is 11.9 Å². The molecule has 0 aromatic heterocycles. The molecule has 1 atom stereocenters. The van der Waals surface area contributed by atoms with Gasteiger partial charge in [-0.05, 0) is 25.0 Å². The Morgan fingerprint density at radius 3 is 2.53 bits per heavy atom. The van der Waals surface area contributed by atoms with Gasteiger partial charge in [0.1, 0.15) is 17.1 Å². The van der Waals surface area contributed by atoms with Crippen LogP contribution in [-0.2, 0) is 0 Å². The third kappa shape index (κ3) is 3.82. The lowest BCUT2D eigenvalue weighted by molar-refractivity contribution is 0.0947. The number of nitrogens with one attached hydrogen (secondary N) is 1. The maximum absolute atomic E-state index is 11.7. The van der Waals surface area contributed by atoms with Gasteiger partial charge in [-0.1, -0.05) is 13.0 Å². The number of hydrogen-bond donors (Lipinski definition) is 3. The number of benzene rings is 1. The normalized spacial score (nSPS) is 12.1. The van der Waals surface area contributed by atoms with Crippen molar-refractivity contribution in [2.24, 2.45) is 0 Å². The van der Waals surface area contributed by atoms with E-state index in [1.807, 2.05) is 6.92 Å². The van der Waals surface area contributed by atoms with Gasteiger partial charge in [0.25, 0.3) is 5.91 Å². The van der Waals surface area contributed by atoms with E-state index in [0.717, 1.165) is 6.42 Å². The number of rotatable bonds is 5. The molecule has 0 aliphatic heterocycles. The number of halogens is 1. The number of hydrogen-bond acceptors (Lipinski definition) is 3. The zero-order valence-electron chi connectivity index (χ0n) is 9.61. The highest BCUT2D eigenvalue weighted by Gasteiger charge is 2.15. The average Bonchev–Trinajstić information content (AvgIpc) is 2.28. The Balaban J connectivity index is 2.59. The van der Waals surface area contributed by atoms with Crippen LogP contribution in [0.2, 0.25) is 0 Å². The molecular weight excluding hydrogens is 242 g/mol. The summed E-state index contributed by atoms with van der Waals surface area (Å²) < 4.78 is 0. The van der Waals surface area contributed by atoms with Crippen molar-refractivity contribution in [3.63, 3.8) is 0 Å². The molecule has 0 heterocycles. The first-order chi connectivity index (χ1) is 8.06. The van der Waals surface area contributed by atoms with Gasteiger partial charge in [-0.15, -0.1) is 11.6 Å². The molecule has 1 unspecified atom stereocenters. The van der Waals surface area contributed by atoms with E-state index < -0.39 is 5.91 Å². The molecule has 0 saturated heterocycles. The van der Waals surface area contributed by atoms with Crippen LogP contribution < -0.4 is 5.32 Å². The quantitative estimate of drug-likeness (QED) is 0.709. The Labute approximate surface area is 105 Å². The molecule has 0 bridgehead atoms. The lowest BCUT2D eigenvalue weighted by Crippen LogP contribution is -2.26. The molecule has 0 radical (unpaired) electrons. The molecule has 3 N–H and O–H groups in total. The average molecular weight is 258 g/mol. The number of alkyl halides is 1. The first-order valence-corrected chi connectivity index (χ1v) is 5.93. The van der Waals surface area contributed by atoms with E-state index in [2.05, 4.69) is 5.32 Å². The molecule has 94 valence electrons. The highest BCUT2D eigenvalue weighted by Crippen LogP contribution is 2.25. The third-order valence-corrected chi connectivity index (χ3v) is 2.96. The zero-order chi connectivity index (χ0) is 12.8. The van der Waals surface area contributed by atoms with E-state index in [0.29, 0.717) is 13.0 Å². The molecule has 0 spiro atoms. The van der Waals surface area contributed by atoms with Gasteiger partial charge in [0.2, 0.25) is 0 Å². The van der Waals surface area contributed by atoms with Crippen LogP contribution in [0.25, 0.3) is 0 Å². The molecule has 17 heavy (non-hydrogen) atoms. The van der Waals surface area contributed by atoms with E-state index >= 15 is 0 Å². The summed E-state index contributed by atoms with van der Waals surface area (Å²) in [4.78, 5) is 11.7. The monoisotopic (exact) mass is 257 g/mol. The lowest BCUT2D eigenvalue weighted by atomic mass is 10.1. The minimum Gasteiger partial charge on any atom is -0.507 e. The van der Waals surface area contributed by atoms with Crippen LogP contribution in [-0.4, -0.2) is 28.0 Å². The molecule has 0 saturated carbocycles. The van der Waals surface area contributed by atoms with Crippen LogP contribution in [0.5, 0.6) is 11.5 Å². The van der Waals surface area contributed by atoms with Gasteiger partial charge >= 0.3 is 0 Å². The second-order valence-corrected chi connectivity index (χ2v) is 4.34. The van der Waals surface area contributed by atoms with Gasteiger partial charge in [0.05, 0.1) is 0 Å². The summed E-state index contributed by atoms with van der Waals surface area (Å²) in [5.74, 6) is -0.971. The molecule has 0 aliphatic carbocycles. The Kier molecular flexibility index (Phi) is 5.10. The predicted octanol–water partition coefficient (Wildman–Crippen LogP) is 2.24. The number of carbonyl (C=O) groups is 1. The summed E-state index contributed by atoms with van der Waals surface area (Å²) in [7, 11) is 0. The fourth-order valence-corrected chi connectivity index (χ4v) is 1.50. The van der Waals surface area contributed by atoms with E-state index in [4.69, 9.17) is 11.6 Å². The van der Waals surface area contributed by atoms with Crippen molar-refractivity contribution in [2.75, 3.05) is 6.54 Å². The number of aromatic hydroxyl groups is 2. The topological polar surface area (TPSA) is 69.6 Å². The van der Waals surface area contributed by atoms with Crippen molar-refractivity contribution in [1.82, 2.24) is 5.32 Å². The number of phenols is 2. The van der Waals surface area contributed by atoms with Crippen LogP contribution in [0.15, 0.2) is 18.2 Å². The molecule has 1 amide bonds. The van der Waals surface area contributed by atoms with E-state index in [-0.39, 0.29) is 22.4 Å². The second kappa shape index (κ2) is 6.35. The summed E-state index contributed by atoms with van der Waals surface area (Å²) >= 11 is 5.91. The zero-order valence-corrected chi connectivity index (χ0v) is 10.4. The molecule has 1 aromatic carbocycles. The largest absolute Gasteiger partial charge is 0.507 e. The minimum atomic E-state index is -0.499. The maximum atomic E-state index is 11.7. The van der Waals surface area contributed by atoms with Crippen molar-refractivity contribution < 1.29 is 15.0 Å². The van der Waals surface area contributed by atoms with E-state index in [1.54, 1.807) is 0 Å².